The lowest BCUT2D eigenvalue weighted by Gasteiger charge is -2.08. The molecule has 0 aliphatic carbocycles. The van der Waals surface area contributed by atoms with Crippen LogP contribution in [-0.4, -0.2) is 30.7 Å². The molecule has 0 bridgehead atoms. The predicted octanol–water partition coefficient (Wildman–Crippen LogP) is 4.65. The Morgan fingerprint density at radius 1 is 1.15 bits per heavy atom. The van der Waals surface area contributed by atoms with E-state index < -0.39 is 5.97 Å². The number of amides is 1. The normalized spacial score (nSPS) is 10.6. The van der Waals surface area contributed by atoms with E-state index in [1.54, 1.807) is 19.2 Å². The lowest BCUT2D eigenvalue weighted by Crippen LogP contribution is -2.12. The third-order valence-electron chi connectivity index (χ3n) is 3.90. The average molecular weight is 385 g/mol. The van der Waals surface area contributed by atoms with Crippen LogP contribution in [0.25, 0.3) is 10.1 Å². The number of rotatable bonds is 7. The molecule has 27 heavy (non-hydrogen) atoms. The first-order valence-electron chi connectivity index (χ1n) is 8.41. The number of carboxylic acid groups (broad SMARTS) is 1. The minimum Gasteiger partial charge on any atom is -0.497 e. The van der Waals surface area contributed by atoms with Crippen molar-refractivity contribution in [1.29, 1.82) is 0 Å². The minimum absolute atomic E-state index is 0.161. The van der Waals surface area contributed by atoms with E-state index in [0.717, 1.165) is 16.5 Å². The van der Waals surface area contributed by atoms with Gasteiger partial charge in [-0.15, -0.1) is 11.3 Å². The number of benzene rings is 2. The topological polar surface area (TPSA) is 84.9 Å². The maximum Gasteiger partial charge on any atom is 0.335 e. The van der Waals surface area contributed by atoms with Crippen LogP contribution in [0, 0.1) is 0 Å². The van der Waals surface area contributed by atoms with Crippen molar-refractivity contribution in [2.75, 3.05) is 19.0 Å². The molecule has 7 heteroatoms. The van der Waals surface area contributed by atoms with Gasteiger partial charge < -0.3 is 19.9 Å². The van der Waals surface area contributed by atoms with E-state index in [1.165, 1.54) is 23.5 Å². The van der Waals surface area contributed by atoms with Crippen LogP contribution >= 0.6 is 11.3 Å². The Kier molecular flexibility index (Phi) is 5.61. The number of anilines is 1. The van der Waals surface area contributed by atoms with E-state index in [9.17, 15) is 9.59 Å². The van der Waals surface area contributed by atoms with Gasteiger partial charge in [-0.05, 0) is 48.9 Å². The van der Waals surface area contributed by atoms with Gasteiger partial charge in [-0.1, -0.05) is 6.92 Å². The van der Waals surface area contributed by atoms with E-state index in [-0.39, 0.29) is 11.5 Å². The Balaban J connectivity index is 1.93. The Morgan fingerprint density at radius 3 is 2.52 bits per heavy atom. The highest BCUT2D eigenvalue weighted by Crippen LogP contribution is 2.40. The van der Waals surface area contributed by atoms with Gasteiger partial charge in [0.2, 0.25) is 0 Å². The zero-order chi connectivity index (χ0) is 19.4. The van der Waals surface area contributed by atoms with E-state index in [0.29, 0.717) is 28.7 Å². The fraction of sp³-hybridized carbons (Fsp3) is 0.200. The number of nitrogens with one attached hydrogen (secondary N) is 1. The number of hydrogen-bond donors (Lipinski definition) is 2. The standard InChI is InChI=1S/C20H19NO5S/c1-3-10-26-17-15-11-14(25-2)8-9-16(15)27-18(17)19(22)21-13-6-4-12(5-7-13)20(23)24/h4-9,11H,3,10H2,1-2H3,(H,21,22)(H,23,24). The molecule has 0 aliphatic rings. The maximum atomic E-state index is 12.8. The first kappa shape index (κ1) is 18.7. The van der Waals surface area contributed by atoms with Gasteiger partial charge in [-0.3, -0.25) is 4.79 Å². The molecule has 1 amide bonds. The summed E-state index contributed by atoms with van der Waals surface area (Å²) in [5.74, 6) is -0.0841. The molecule has 0 fully saturated rings. The molecule has 2 N–H and O–H groups in total. The number of aromatic carboxylic acids is 1. The number of thiophene rings is 1. The van der Waals surface area contributed by atoms with E-state index in [2.05, 4.69) is 5.32 Å². The molecule has 3 rings (SSSR count). The van der Waals surface area contributed by atoms with Crippen molar-refractivity contribution < 1.29 is 24.2 Å². The van der Waals surface area contributed by atoms with Crippen molar-refractivity contribution >= 4 is 39.0 Å². The molecular weight excluding hydrogens is 366 g/mol. The van der Waals surface area contributed by atoms with Crippen molar-refractivity contribution in [2.45, 2.75) is 13.3 Å². The summed E-state index contributed by atoms with van der Waals surface area (Å²) < 4.78 is 12.1. The fourth-order valence-corrected chi connectivity index (χ4v) is 3.58. The van der Waals surface area contributed by atoms with Crippen LogP contribution in [0.1, 0.15) is 33.4 Å². The van der Waals surface area contributed by atoms with Crippen LogP contribution in [0.5, 0.6) is 11.5 Å². The molecule has 1 aromatic heterocycles. The van der Waals surface area contributed by atoms with Gasteiger partial charge in [0, 0.05) is 15.8 Å². The van der Waals surface area contributed by atoms with Crippen LogP contribution in [-0.2, 0) is 0 Å². The van der Waals surface area contributed by atoms with E-state index in [1.807, 2.05) is 25.1 Å². The highest BCUT2D eigenvalue weighted by Gasteiger charge is 2.21. The number of fused-ring (bicyclic) bond motifs is 1. The molecule has 0 spiro atoms. The number of carbonyl (C=O) groups is 2. The number of hydrogen-bond acceptors (Lipinski definition) is 5. The molecule has 0 aliphatic heterocycles. The number of methoxy groups -OCH3 is 1. The first-order valence-corrected chi connectivity index (χ1v) is 9.23. The fourth-order valence-electron chi connectivity index (χ4n) is 2.56. The highest BCUT2D eigenvalue weighted by molar-refractivity contribution is 7.21. The van der Waals surface area contributed by atoms with E-state index >= 15 is 0 Å². The Labute approximate surface area is 160 Å². The molecule has 0 saturated heterocycles. The van der Waals surface area contributed by atoms with Gasteiger partial charge in [0.25, 0.3) is 5.91 Å². The summed E-state index contributed by atoms with van der Waals surface area (Å²) >= 11 is 1.34. The van der Waals surface area contributed by atoms with Crippen LogP contribution < -0.4 is 14.8 Å². The van der Waals surface area contributed by atoms with E-state index in [4.69, 9.17) is 14.6 Å². The summed E-state index contributed by atoms with van der Waals surface area (Å²) in [5, 5.41) is 12.6. The summed E-state index contributed by atoms with van der Waals surface area (Å²) in [6.07, 6.45) is 0.818. The summed E-state index contributed by atoms with van der Waals surface area (Å²) in [6.45, 7) is 2.50. The Morgan fingerprint density at radius 2 is 1.89 bits per heavy atom. The van der Waals surface area contributed by atoms with Gasteiger partial charge in [0.1, 0.15) is 10.6 Å². The molecule has 0 atom stereocenters. The molecule has 3 aromatic rings. The summed E-state index contributed by atoms with van der Waals surface area (Å²) in [7, 11) is 1.59. The number of ether oxygens (including phenoxy) is 2. The van der Waals surface area contributed by atoms with Gasteiger partial charge in [0.15, 0.2) is 5.75 Å². The minimum atomic E-state index is -1.01. The van der Waals surface area contributed by atoms with Gasteiger partial charge in [-0.25, -0.2) is 4.79 Å². The van der Waals surface area contributed by atoms with Crippen LogP contribution in [0.2, 0.25) is 0 Å². The largest absolute Gasteiger partial charge is 0.497 e. The summed E-state index contributed by atoms with van der Waals surface area (Å²) in [6, 6.07) is 11.6. The zero-order valence-corrected chi connectivity index (χ0v) is 15.8. The third-order valence-corrected chi connectivity index (χ3v) is 5.05. The van der Waals surface area contributed by atoms with Crippen molar-refractivity contribution in [3.63, 3.8) is 0 Å². The van der Waals surface area contributed by atoms with Crippen molar-refractivity contribution in [3.8, 4) is 11.5 Å². The number of carboxylic acids is 1. The lowest BCUT2D eigenvalue weighted by atomic mass is 10.2. The molecule has 0 saturated carbocycles. The van der Waals surface area contributed by atoms with Gasteiger partial charge >= 0.3 is 5.97 Å². The number of carbonyl (C=O) groups excluding carboxylic acids is 1. The molecule has 1 heterocycles. The third kappa shape index (κ3) is 4.03. The Bertz CT molecular complexity index is 978. The monoisotopic (exact) mass is 385 g/mol. The van der Waals surface area contributed by atoms with Gasteiger partial charge in [-0.2, -0.15) is 0 Å². The second kappa shape index (κ2) is 8.09. The zero-order valence-electron chi connectivity index (χ0n) is 14.9. The van der Waals surface area contributed by atoms with Crippen molar-refractivity contribution in [1.82, 2.24) is 0 Å². The van der Waals surface area contributed by atoms with Crippen LogP contribution in [0.15, 0.2) is 42.5 Å². The molecule has 0 radical (unpaired) electrons. The summed E-state index contributed by atoms with van der Waals surface area (Å²) in [4.78, 5) is 24.2. The molecular formula is C20H19NO5S. The first-order chi connectivity index (χ1) is 13.0. The SMILES string of the molecule is CCCOc1c(C(=O)Nc2ccc(C(=O)O)cc2)sc2ccc(OC)cc12. The molecule has 0 unspecified atom stereocenters. The molecule has 6 nitrogen and oxygen atoms in total. The average Bonchev–Trinajstić information content (AvgIpc) is 3.04. The Hall–Kier alpha value is -3.06. The molecule has 140 valence electrons. The maximum absolute atomic E-state index is 12.8. The van der Waals surface area contributed by atoms with Crippen molar-refractivity contribution in [3.05, 3.63) is 52.9 Å². The second-order valence-electron chi connectivity index (χ2n) is 5.81. The quantitative estimate of drug-likeness (QED) is 0.618. The molecule has 2 aromatic carbocycles. The van der Waals surface area contributed by atoms with Gasteiger partial charge in [0.05, 0.1) is 19.3 Å². The summed E-state index contributed by atoms with van der Waals surface area (Å²) in [5.41, 5.74) is 0.676. The second-order valence-corrected chi connectivity index (χ2v) is 6.86. The van der Waals surface area contributed by atoms with Crippen LogP contribution in [0.4, 0.5) is 5.69 Å². The smallest absolute Gasteiger partial charge is 0.335 e. The lowest BCUT2D eigenvalue weighted by molar-refractivity contribution is 0.0696. The van der Waals surface area contributed by atoms with Crippen molar-refractivity contribution in [2.24, 2.45) is 0 Å². The predicted molar refractivity (Wildman–Crippen MR) is 106 cm³/mol. The highest BCUT2D eigenvalue weighted by atomic mass is 32.1. The van der Waals surface area contributed by atoms with Crippen LogP contribution in [0.3, 0.4) is 0 Å².